The number of nitrogens with one attached hydrogen (secondary N) is 1. The molecule has 0 bridgehead atoms. The fraction of sp³-hybridized carbons (Fsp3) is 0.143. The molecule has 2 rings (SSSR count). The van der Waals surface area contributed by atoms with E-state index in [1.807, 2.05) is 0 Å². The quantitative estimate of drug-likeness (QED) is 0.813. The first kappa shape index (κ1) is 14.0. The zero-order valence-corrected chi connectivity index (χ0v) is 11.5. The van der Waals surface area contributed by atoms with Crippen molar-refractivity contribution in [2.75, 3.05) is 18.5 Å². The highest BCUT2D eigenvalue weighted by Crippen LogP contribution is 2.31. The van der Waals surface area contributed by atoms with Crippen LogP contribution in [0.1, 0.15) is 0 Å². The summed E-state index contributed by atoms with van der Waals surface area (Å²) in [5, 5.41) is 3.77. The summed E-state index contributed by atoms with van der Waals surface area (Å²) < 4.78 is 18.8. The van der Waals surface area contributed by atoms with Crippen LogP contribution in [0.5, 0.6) is 5.75 Å². The fourth-order valence-corrected chi connectivity index (χ4v) is 1.89. The topological polar surface area (TPSA) is 21.3 Å². The lowest BCUT2D eigenvalue weighted by molar-refractivity contribution is 0.333. The Balaban J connectivity index is 1.84. The van der Waals surface area contributed by atoms with Crippen LogP contribution in [0, 0.1) is 5.82 Å². The Morgan fingerprint density at radius 2 is 1.84 bits per heavy atom. The number of benzene rings is 2. The minimum absolute atomic E-state index is 0.289. The van der Waals surface area contributed by atoms with Crippen LogP contribution in [-0.2, 0) is 0 Å². The van der Waals surface area contributed by atoms with Crippen LogP contribution < -0.4 is 10.1 Å². The van der Waals surface area contributed by atoms with E-state index in [-0.39, 0.29) is 5.82 Å². The van der Waals surface area contributed by atoms with Crippen LogP contribution in [0.15, 0.2) is 42.5 Å². The number of hydrogen-bond donors (Lipinski definition) is 1. The molecule has 0 aromatic heterocycles. The molecule has 0 amide bonds. The highest BCUT2D eigenvalue weighted by atomic mass is 35.5. The summed E-state index contributed by atoms with van der Waals surface area (Å²) in [6.45, 7) is 0.818. The van der Waals surface area contributed by atoms with Gasteiger partial charge in [0.05, 0.1) is 10.7 Å². The standard InChI is InChI=1S/C14H12Cl2FNO/c15-10-4-3-7-13(14(10)16)19-9-8-18-12-6-2-1-5-11(12)17/h1-7,18H,8-9H2. The summed E-state index contributed by atoms with van der Waals surface area (Å²) in [7, 11) is 0. The molecule has 0 fully saturated rings. The summed E-state index contributed by atoms with van der Waals surface area (Å²) in [6.07, 6.45) is 0. The lowest BCUT2D eigenvalue weighted by Gasteiger charge is -2.10. The predicted octanol–water partition coefficient (Wildman–Crippen LogP) is 4.62. The monoisotopic (exact) mass is 299 g/mol. The second-order valence-corrected chi connectivity index (χ2v) is 4.59. The van der Waals surface area contributed by atoms with Gasteiger partial charge in [-0.3, -0.25) is 0 Å². The Hall–Kier alpha value is -1.45. The molecule has 100 valence electrons. The molecule has 0 aliphatic rings. The largest absolute Gasteiger partial charge is 0.490 e. The second kappa shape index (κ2) is 6.64. The first-order valence-electron chi connectivity index (χ1n) is 5.73. The molecule has 2 nitrogen and oxygen atoms in total. The van der Waals surface area contributed by atoms with Crippen molar-refractivity contribution in [3.63, 3.8) is 0 Å². The van der Waals surface area contributed by atoms with E-state index in [2.05, 4.69) is 5.32 Å². The van der Waals surface area contributed by atoms with Crippen molar-refractivity contribution >= 4 is 28.9 Å². The van der Waals surface area contributed by atoms with Gasteiger partial charge in [0.2, 0.25) is 0 Å². The van der Waals surface area contributed by atoms with Crippen molar-refractivity contribution < 1.29 is 9.13 Å². The molecular formula is C14H12Cl2FNO. The van der Waals surface area contributed by atoms with Gasteiger partial charge in [-0.2, -0.15) is 0 Å². The van der Waals surface area contributed by atoms with Crippen LogP contribution in [0.4, 0.5) is 10.1 Å². The third-order valence-electron chi connectivity index (χ3n) is 2.47. The van der Waals surface area contributed by atoms with Crippen molar-refractivity contribution in [2.24, 2.45) is 0 Å². The second-order valence-electron chi connectivity index (χ2n) is 3.81. The lowest BCUT2D eigenvalue weighted by atomic mass is 10.3. The third kappa shape index (κ3) is 3.75. The molecule has 0 atom stereocenters. The van der Waals surface area contributed by atoms with E-state index in [1.54, 1.807) is 36.4 Å². The molecule has 0 aliphatic heterocycles. The van der Waals surface area contributed by atoms with Gasteiger partial charge in [0.25, 0.3) is 0 Å². The average Bonchev–Trinajstić information content (AvgIpc) is 2.41. The van der Waals surface area contributed by atoms with Crippen molar-refractivity contribution in [2.45, 2.75) is 0 Å². The molecule has 0 radical (unpaired) electrons. The highest BCUT2D eigenvalue weighted by Gasteiger charge is 2.05. The molecule has 0 unspecified atom stereocenters. The summed E-state index contributed by atoms with van der Waals surface area (Å²) in [5.74, 6) is 0.229. The van der Waals surface area contributed by atoms with Gasteiger partial charge in [-0.15, -0.1) is 0 Å². The van der Waals surface area contributed by atoms with E-state index in [1.165, 1.54) is 6.07 Å². The maximum absolute atomic E-state index is 13.3. The SMILES string of the molecule is Fc1ccccc1NCCOc1cccc(Cl)c1Cl. The predicted molar refractivity (Wildman–Crippen MR) is 76.8 cm³/mol. The molecular weight excluding hydrogens is 288 g/mol. The molecule has 0 aliphatic carbocycles. The molecule has 2 aromatic carbocycles. The van der Waals surface area contributed by atoms with Gasteiger partial charge < -0.3 is 10.1 Å². The maximum atomic E-state index is 13.3. The number of anilines is 1. The van der Waals surface area contributed by atoms with Crippen molar-refractivity contribution in [3.8, 4) is 5.75 Å². The Morgan fingerprint density at radius 3 is 2.63 bits per heavy atom. The summed E-state index contributed by atoms with van der Waals surface area (Å²) in [6, 6.07) is 11.7. The summed E-state index contributed by atoms with van der Waals surface area (Å²) >= 11 is 11.8. The van der Waals surface area contributed by atoms with Crippen LogP contribution in [0.25, 0.3) is 0 Å². The molecule has 0 spiro atoms. The van der Waals surface area contributed by atoms with Crippen LogP contribution in [0.2, 0.25) is 10.0 Å². The van der Waals surface area contributed by atoms with Gasteiger partial charge in [-0.05, 0) is 24.3 Å². The minimum Gasteiger partial charge on any atom is -0.490 e. The van der Waals surface area contributed by atoms with E-state index in [9.17, 15) is 4.39 Å². The molecule has 19 heavy (non-hydrogen) atoms. The number of hydrogen-bond acceptors (Lipinski definition) is 2. The van der Waals surface area contributed by atoms with Gasteiger partial charge in [0.15, 0.2) is 0 Å². The van der Waals surface area contributed by atoms with Gasteiger partial charge in [0.1, 0.15) is 23.2 Å². The van der Waals surface area contributed by atoms with E-state index in [4.69, 9.17) is 27.9 Å². The van der Waals surface area contributed by atoms with Gasteiger partial charge in [0, 0.05) is 6.54 Å². The normalized spacial score (nSPS) is 10.3. The number of ether oxygens (including phenoxy) is 1. The summed E-state index contributed by atoms with van der Waals surface area (Å²) in [4.78, 5) is 0. The zero-order valence-electron chi connectivity index (χ0n) is 10.00. The number of para-hydroxylation sites is 1. The Kier molecular flexibility index (Phi) is 4.88. The molecule has 2 aromatic rings. The van der Waals surface area contributed by atoms with Crippen LogP contribution in [0.3, 0.4) is 0 Å². The molecule has 5 heteroatoms. The van der Waals surface area contributed by atoms with Crippen LogP contribution >= 0.6 is 23.2 Å². The third-order valence-corrected chi connectivity index (χ3v) is 3.27. The zero-order chi connectivity index (χ0) is 13.7. The van der Waals surface area contributed by atoms with E-state index < -0.39 is 0 Å². The van der Waals surface area contributed by atoms with Gasteiger partial charge >= 0.3 is 0 Å². The van der Waals surface area contributed by atoms with Crippen molar-refractivity contribution in [1.29, 1.82) is 0 Å². The Bertz CT molecular complexity index is 563. The first-order chi connectivity index (χ1) is 9.18. The molecule has 1 N–H and O–H groups in total. The number of rotatable bonds is 5. The highest BCUT2D eigenvalue weighted by molar-refractivity contribution is 6.42. The minimum atomic E-state index is -0.289. The first-order valence-corrected chi connectivity index (χ1v) is 6.49. The fourth-order valence-electron chi connectivity index (χ4n) is 1.55. The van der Waals surface area contributed by atoms with E-state index >= 15 is 0 Å². The molecule has 0 heterocycles. The number of halogens is 3. The molecule has 0 saturated heterocycles. The van der Waals surface area contributed by atoms with Crippen molar-refractivity contribution in [3.05, 3.63) is 58.3 Å². The maximum Gasteiger partial charge on any atom is 0.146 e. The average molecular weight is 300 g/mol. The Morgan fingerprint density at radius 1 is 1.05 bits per heavy atom. The lowest BCUT2D eigenvalue weighted by Crippen LogP contribution is -2.12. The van der Waals surface area contributed by atoms with Gasteiger partial charge in [-0.25, -0.2) is 4.39 Å². The van der Waals surface area contributed by atoms with Crippen molar-refractivity contribution in [1.82, 2.24) is 0 Å². The van der Waals surface area contributed by atoms with E-state index in [0.29, 0.717) is 34.6 Å². The van der Waals surface area contributed by atoms with Crippen LogP contribution in [-0.4, -0.2) is 13.2 Å². The smallest absolute Gasteiger partial charge is 0.146 e. The van der Waals surface area contributed by atoms with E-state index in [0.717, 1.165) is 0 Å². The summed E-state index contributed by atoms with van der Waals surface area (Å²) in [5.41, 5.74) is 0.447. The molecule has 0 saturated carbocycles. The van der Waals surface area contributed by atoms with Gasteiger partial charge in [-0.1, -0.05) is 41.4 Å². The Labute approximate surface area is 121 Å².